The van der Waals surface area contributed by atoms with Crippen LogP contribution in [0.5, 0.6) is 17.4 Å². The molecule has 33 heavy (non-hydrogen) atoms. The molecule has 6 nitrogen and oxygen atoms in total. The SMILES string of the molecule is COc1ccc(Oc2cc(-c3cccc(C(=O)NC(C)c4ccc(C)cc4)c3)ncn2)cc1. The van der Waals surface area contributed by atoms with Gasteiger partial charge >= 0.3 is 0 Å². The van der Waals surface area contributed by atoms with Crippen molar-refractivity contribution < 1.29 is 14.3 Å². The van der Waals surface area contributed by atoms with Gasteiger partial charge in [0.1, 0.15) is 17.8 Å². The molecule has 3 aromatic carbocycles. The average Bonchev–Trinajstić information content (AvgIpc) is 2.85. The van der Waals surface area contributed by atoms with Gasteiger partial charge in [0, 0.05) is 17.2 Å². The zero-order chi connectivity index (χ0) is 23.2. The zero-order valence-electron chi connectivity index (χ0n) is 18.8. The van der Waals surface area contributed by atoms with Crippen molar-refractivity contribution in [2.45, 2.75) is 19.9 Å². The van der Waals surface area contributed by atoms with E-state index >= 15 is 0 Å². The molecule has 166 valence electrons. The van der Waals surface area contributed by atoms with Crippen molar-refractivity contribution in [2.75, 3.05) is 7.11 Å². The summed E-state index contributed by atoms with van der Waals surface area (Å²) >= 11 is 0. The lowest BCUT2D eigenvalue weighted by Crippen LogP contribution is -2.26. The predicted molar refractivity (Wildman–Crippen MR) is 128 cm³/mol. The van der Waals surface area contributed by atoms with Crippen molar-refractivity contribution in [1.29, 1.82) is 0 Å². The van der Waals surface area contributed by atoms with Gasteiger partial charge in [-0.2, -0.15) is 0 Å². The smallest absolute Gasteiger partial charge is 0.251 e. The van der Waals surface area contributed by atoms with E-state index in [1.165, 1.54) is 11.9 Å². The molecule has 6 heteroatoms. The van der Waals surface area contributed by atoms with Gasteiger partial charge in [0.15, 0.2) is 0 Å². The van der Waals surface area contributed by atoms with Gasteiger partial charge in [0.05, 0.1) is 18.8 Å². The third-order valence-electron chi connectivity index (χ3n) is 5.27. The number of hydrogen-bond acceptors (Lipinski definition) is 5. The minimum atomic E-state index is -0.145. The van der Waals surface area contributed by atoms with Crippen LogP contribution in [-0.2, 0) is 0 Å². The Balaban J connectivity index is 1.49. The summed E-state index contributed by atoms with van der Waals surface area (Å²) in [7, 11) is 1.62. The Morgan fingerprint density at radius 3 is 2.36 bits per heavy atom. The summed E-state index contributed by atoms with van der Waals surface area (Å²) in [6, 6.07) is 24.4. The lowest BCUT2D eigenvalue weighted by atomic mass is 10.0. The number of ether oxygens (including phenoxy) is 2. The van der Waals surface area contributed by atoms with Crippen molar-refractivity contribution >= 4 is 5.91 Å². The standard InChI is InChI=1S/C27H25N3O3/c1-18-7-9-20(10-8-18)19(2)30-27(31)22-6-4-5-21(15-22)25-16-26(29-17-28-25)33-24-13-11-23(32-3)12-14-24/h4-17,19H,1-3H3,(H,30,31). The fraction of sp³-hybridized carbons (Fsp3) is 0.148. The first-order chi connectivity index (χ1) is 16.0. The maximum absolute atomic E-state index is 12.9. The molecule has 0 radical (unpaired) electrons. The Bertz CT molecular complexity index is 1240. The summed E-state index contributed by atoms with van der Waals surface area (Å²) in [5, 5.41) is 3.06. The quantitative estimate of drug-likeness (QED) is 0.397. The van der Waals surface area contributed by atoms with Crippen molar-refractivity contribution in [2.24, 2.45) is 0 Å². The number of carbonyl (C=O) groups excluding carboxylic acids is 1. The Labute approximate surface area is 193 Å². The summed E-state index contributed by atoms with van der Waals surface area (Å²) < 4.78 is 11.0. The van der Waals surface area contributed by atoms with Gasteiger partial charge in [0.25, 0.3) is 5.91 Å². The second-order valence-corrected chi connectivity index (χ2v) is 7.71. The molecular weight excluding hydrogens is 414 g/mol. The highest BCUT2D eigenvalue weighted by Crippen LogP contribution is 2.26. The van der Waals surface area contributed by atoms with E-state index in [1.807, 2.05) is 68.4 Å². The summed E-state index contributed by atoms with van der Waals surface area (Å²) in [6.45, 7) is 4.01. The van der Waals surface area contributed by atoms with E-state index in [0.29, 0.717) is 22.9 Å². The number of aromatic nitrogens is 2. The topological polar surface area (TPSA) is 73.3 Å². The molecule has 1 N–H and O–H groups in total. The molecule has 1 heterocycles. The van der Waals surface area contributed by atoms with Gasteiger partial charge in [-0.3, -0.25) is 4.79 Å². The first-order valence-corrected chi connectivity index (χ1v) is 10.6. The van der Waals surface area contributed by atoms with E-state index < -0.39 is 0 Å². The molecule has 1 atom stereocenters. The van der Waals surface area contributed by atoms with Crippen LogP contribution >= 0.6 is 0 Å². The number of carbonyl (C=O) groups is 1. The molecule has 1 aromatic heterocycles. The largest absolute Gasteiger partial charge is 0.497 e. The average molecular weight is 440 g/mol. The van der Waals surface area contributed by atoms with E-state index in [4.69, 9.17) is 9.47 Å². The van der Waals surface area contributed by atoms with E-state index in [2.05, 4.69) is 15.3 Å². The molecule has 0 bridgehead atoms. The summed E-state index contributed by atoms with van der Waals surface area (Å²) in [5.41, 5.74) is 4.26. The number of benzene rings is 3. The van der Waals surface area contributed by atoms with Gasteiger partial charge in [-0.05, 0) is 55.8 Å². The second-order valence-electron chi connectivity index (χ2n) is 7.71. The maximum atomic E-state index is 12.9. The van der Waals surface area contributed by atoms with Crippen LogP contribution in [0.1, 0.15) is 34.5 Å². The molecule has 1 unspecified atom stereocenters. The van der Waals surface area contributed by atoms with E-state index in [9.17, 15) is 4.79 Å². The van der Waals surface area contributed by atoms with Crippen molar-refractivity contribution in [3.05, 3.63) is 102 Å². The Hall–Kier alpha value is -4.19. The van der Waals surface area contributed by atoms with Crippen molar-refractivity contribution in [1.82, 2.24) is 15.3 Å². The third-order valence-corrected chi connectivity index (χ3v) is 5.27. The van der Waals surface area contributed by atoms with Crippen LogP contribution in [-0.4, -0.2) is 23.0 Å². The molecule has 0 spiro atoms. The van der Waals surface area contributed by atoms with E-state index in [-0.39, 0.29) is 11.9 Å². The van der Waals surface area contributed by atoms with Crippen LogP contribution < -0.4 is 14.8 Å². The third kappa shape index (κ3) is 5.54. The first-order valence-electron chi connectivity index (χ1n) is 10.6. The van der Waals surface area contributed by atoms with Crippen LogP contribution in [0.2, 0.25) is 0 Å². The molecule has 0 fully saturated rings. The summed E-state index contributed by atoms with van der Waals surface area (Å²) in [6.07, 6.45) is 1.44. The number of methoxy groups -OCH3 is 1. The van der Waals surface area contributed by atoms with Crippen LogP contribution in [0.3, 0.4) is 0 Å². The van der Waals surface area contributed by atoms with Crippen LogP contribution in [0.4, 0.5) is 0 Å². The zero-order valence-corrected chi connectivity index (χ0v) is 18.8. The van der Waals surface area contributed by atoms with E-state index in [0.717, 1.165) is 16.9 Å². The molecule has 0 aliphatic carbocycles. The number of amides is 1. The van der Waals surface area contributed by atoms with Crippen LogP contribution in [0.15, 0.2) is 85.2 Å². The molecule has 0 saturated heterocycles. The molecule has 0 aliphatic rings. The van der Waals surface area contributed by atoms with Gasteiger partial charge in [-0.1, -0.05) is 42.0 Å². The number of nitrogens with zero attached hydrogens (tertiary/aromatic N) is 2. The molecule has 0 saturated carbocycles. The summed E-state index contributed by atoms with van der Waals surface area (Å²) in [4.78, 5) is 21.4. The maximum Gasteiger partial charge on any atom is 0.251 e. The van der Waals surface area contributed by atoms with Gasteiger partial charge in [0.2, 0.25) is 5.88 Å². The molecule has 4 aromatic rings. The lowest BCUT2D eigenvalue weighted by Gasteiger charge is -2.15. The van der Waals surface area contributed by atoms with Gasteiger partial charge < -0.3 is 14.8 Å². The van der Waals surface area contributed by atoms with Crippen LogP contribution in [0, 0.1) is 6.92 Å². The first kappa shape index (κ1) is 22.0. The highest BCUT2D eigenvalue weighted by molar-refractivity contribution is 5.95. The molecule has 1 amide bonds. The molecule has 0 aliphatic heterocycles. The minimum Gasteiger partial charge on any atom is -0.497 e. The number of rotatable bonds is 7. The number of nitrogens with one attached hydrogen (secondary N) is 1. The Morgan fingerprint density at radius 1 is 0.909 bits per heavy atom. The fourth-order valence-corrected chi connectivity index (χ4v) is 3.36. The predicted octanol–water partition coefficient (Wildman–Crippen LogP) is 5.74. The van der Waals surface area contributed by atoms with Gasteiger partial charge in [-0.15, -0.1) is 0 Å². The van der Waals surface area contributed by atoms with Crippen molar-refractivity contribution in [3.63, 3.8) is 0 Å². The van der Waals surface area contributed by atoms with Gasteiger partial charge in [-0.25, -0.2) is 9.97 Å². The second kappa shape index (κ2) is 9.96. The highest BCUT2D eigenvalue weighted by Gasteiger charge is 2.13. The van der Waals surface area contributed by atoms with Crippen molar-refractivity contribution in [3.8, 4) is 28.6 Å². The normalized spacial score (nSPS) is 11.5. The number of aryl methyl sites for hydroxylation is 1. The van der Waals surface area contributed by atoms with Crippen LogP contribution in [0.25, 0.3) is 11.3 Å². The number of hydrogen-bond donors (Lipinski definition) is 1. The molecule has 4 rings (SSSR count). The summed E-state index contributed by atoms with van der Waals surface area (Å²) in [5.74, 6) is 1.65. The minimum absolute atomic E-state index is 0.106. The Kier molecular flexibility index (Phi) is 6.64. The fourth-order valence-electron chi connectivity index (χ4n) is 3.36. The van der Waals surface area contributed by atoms with E-state index in [1.54, 1.807) is 31.4 Å². The highest BCUT2D eigenvalue weighted by atomic mass is 16.5. The monoisotopic (exact) mass is 439 g/mol. The Morgan fingerprint density at radius 2 is 1.64 bits per heavy atom. The molecular formula is C27H25N3O3. The lowest BCUT2D eigenvalue weighted by molar-refractivity contribution is 0.0940.